The molecular weight excluding hydrogens is 459 g/mol. The zero-order chi connectivity index (χ0) is 23.8. The lowest BCUT2D eigenvalue weighted by Gasteiger charge is -2.40. The Morgan fingerprint density at radius 3 is 2.85 bits per heavy atom. The van der Waals surface area contributed by atoms with Crippen LogP contribution in [0, 0.1) is 18.7 Å². The number of anilines is 1. The van der Waals surface area contributed by atoms with Crippen LogP contribution >= 0.6 is 11.6 Å². The van der Waals surface area contributed by atoms with Crippen molar-refractivity contribution in [2.24, 2.45) is 5.92 Å². The summed E-state index contributed by atoms with van der Waals surface area (Å²) < 4.78 is 21.1. The van der Waals surface area contributed by atoms with Crippen LogP contribution in [-0.2, 0) is 0 Å². The van der Waals surface area contributed by atoms with Crippen molar-refractivity contribution in [3.8, 4) is 5.69 Å². The van der Waals surface area contributed by atoms with Gasteiger partial charge in [-0.3, -0.25) is 4.79 Å². The van der Waals surface area contributed by atoms with Crippen LogP contribution in [0.5, 0.6) is 0 Å². The molecule has 10 heteroatoms. The van der Waals surface area contributed by atoms with Crippen LogP contribution in [0.4, 0.5) is 10.4 Å². The number of aryl methyl sites for hydroxylation is 1. The van der Waals surface area contributed by atoms with Crippen molar-refractivity contribution in [2.45, 2.75) is 32.7 Å². The van der Waals surface area contributed by atoms with Gasteiger partial charge in [0.1, 0.15) is 22.6 Å². The van der Waals surface area contributed by atoms with Gasteiger partial charge < -0.3 is 14.6 Å². The number of amides is 1. The molecule has 1 aliphatic rings. The summed E-state index contributed by atoms with van der Waals surface area (Å²) in [5.74, 6) is -0.736. The summed E-state index contributed by atoms with van der Waals surface area (Å²) in [7, 11) is 0. The number of rotatable bonds is 5. The minimum absolute atomic E-state index is 0.0215. The first-order valence-electron chi connectivity index (χ1n) is 11.2. The third-order valence-electron chi connectivity index (χ3n) is 6.35. The molecule has 0 bridgehead atoms. The zero-order valence-electron chi connectivity index (χ0n) is 18.8. The Kier molecular flexibility index (Phi) is 5.95. The molecule has 34 heavy (non-hydrogen) atoms. The SMILES string of the molecule is Cc1ccc(-n2nccn2)c(C(=O)N2CCC[C@@H](C)[C@H]2CNc2nc3ccc(Cl)cc3o2)c1F. The summed E-state index contributed by atoms with van der Waals surface area (Å²) in [6, 6.07) is 8.72. The molecule has 0 aliphatic carbocycles. The minimum Gasteiger partial charge on any atom is -0.424 e. The second kappa shape index (κ2) is 9.06. The molecule has 2 aromatic heterocycles. The Morgan fingerprint density at radius 1 is 1.26 bits per heavy atom. The number of halogens is 2. The number of likely N-dealkylation sites (tertiary alicyclic amines) is 1. The van der Waals surface area contributed by atoms with Crippen LogP contribution in [-0.4, -0.2) is 49.9 Å². The molecule has 2 atom stereocenters. The molecule has 4 aromatic rings. The number of aromatic nitrogens is 4. The van der Waals surface area contributed by atoms with Gasteiger partial charge in [0.2, 0.25) is 0 Å². The van der Waals surface area contributed by atoms with E-state index in [-0.39, 0.29) is 23.4 Å². The average molecular weight is 483 g/mol. The van der Waals surface area contributed by atoms with Crippen LogP contribution < -0.4 is 5.32 Å². The lowest BCUT2D eigenvalue weighted by atomic mass is 9.89. The van der Waals surface area contributed by atoms with Crippen molar-refractivity contribution in [1.29, 1.82) is 0 Å². The second-order valence-corrected chi connectivity index (χ2v) is 9.04. The van der Waals surface area contributed by atoms with Crippen molar-refractivity contribution in [3.05, 3.63) is 64.7 Å². The van der Waals surface area contributed by atoms with E-state index in [1.807, 2.05) is 0 Å². The predicted molar refractivity (Wildman–Crippen MR) is 127 cm³/mol. The molecule has 176 valence electrons. The van der Waals surface area contributed by atoms with Gasteiger partial charge in [0.15, 0.2) is 5.58 Å². The summed E-state index contributed by atoms with van der Waals surface area (Å²) in [4.78, 5) is 21.2. The van der Waals surface area contributed by atoms with Crippen molar-refractivity contribution in [2.75, 3.05) is 18.4 Å². The number of nitrogens with one attached hydrogen (secondary N) is 1. The third kappa shape index (κ3) is 4.11. The second-order valence-electron chi connectivity index (χ2n) is 8.61. The van der Waals surface area contributed by atoms with Crippen LogP contribution in [0.1, 0.15) is 35.7 Å². The smallest absolute Gasteiger partial charge is 0.295 e. The summed E-state index contributed by atoms with van der Waals surface area (Å²) in [5.41, 5.74) is 1.96. The predicted octanol–water partition coefficient (Wildman–Crippen LogP) is 4.86. The molecule has 0 radical (unpaired) electrons. The van der Waals surface area contributed by atoms with E-state index in [0.29, 0.717) is 46.5 Å². The molecular formula is C24H24ClFN6O2. The highest BCUT2D eigenvalue weighted by Crippen LogP contribution is 2.29. The Labute approximate surface area is 200 Å². The van der Waals surface area contributed by atoms with Crippen LogP contribution in [0.25, 0.3) is 16.8 Å². The maximum atomic E-state index is 15.3. The standard InChI is InChI=1S/C24H24ClFN6O2/c1-14-4-3-11-31(19(14)13-27-24-30-17-7-6-16(25)12-20(17)34-24)23(33)21-18(32-28-9-10-29-32)8-5-15(2)22(21)26/h5-10,12,14,19H,3-4,11,13H2,1-2H3,(H,27,30)/t14-,19-/m1/s1. The minimum atomic E-state index is -0.555. The molecule has 2 aromatic carbocycles. The summed E-state index contributed by atoms with van der Waals surface area (Å²) in [6.45, 7) is 4.68. The summed E-state index contributed by atoms with van der Waals surface area (Å²) in [5, 5.41) is 12.0. The largest absolute Gasteiger partial charge is 0.424 e. The molecule has 1 amide bonds. The van der Waals surface area contributed by atoms with Gasteiger partial charge in [0, 0.05) is 24.2 Å². The molecule has 1 aliphatic heterocycles. The molecule has 1 saturated heterocycles. The summed E-state index contributed by atoms with van der Waals surface area (Å²) in [6.07, 6.45) is 4.79. The lowest BCUT2D eigenvalue weighted by molar-refractivity contribution is 0.0534. The van der Waals surface area contributed by atoms with Gasteiger partial charge in [-0.05, 0) is 49.4 Å². The molecule has 3 heterocycles. The van der Waals surface area contributed by atoms with E-state index in [1.165, 1.54) is 17.2 Å². The first-order valence-corrected chi connectivity index (χ1v) is 11.6. The van der Waals surface area contributed by atoms with Crippen LogP contribution in [0.2, 0.25) is 5.02 Å². The third-order valence-corrected chi connectivity index (χ3v) is 6.59. The van der Waals surface area contributed by atoms with E-state index in [1.54, 1.807) is 42.2 Å². The van der Waals surface area contributed by atoms with E-state index in [9.17, 15) is 4.79 Å². The van der Waals surface area contributed by atoms with Gasteiger partial charge >= 0.3 is 0 Å². The lowest BCUT2D eigenvalue weighted by Crippen LogP contribution is -2.51. The maximum absolute atomic E-state index is 15.3. The van der Waals surface area contributed by atoms with Crippen molar-refractivity contribution in [1.82, 2.24) is 24.9 Å². The molecule has 5 rings (SSSR count). The molecule has 0 unspecified atom stereocenters. The monoisotopic (exact) mass is 482 g/mol. The van der Waals surface area contributed by atoms with Crippen LogP contribution in [0.15, 0.2) is 47.1 Å². The van der Waals surface area contributed by atoms with E-state index in [4.69, 9.17) is 16.0 Å². The fraction of sp³-hybridized carbons (Fsp3) is 0.333. The first kappa shape index (κ1) is 22.3. The Balaban J connectivity index is 1.44. The quantitative estimate of drug-likeness (QED) is 0.437. The van der Waals surface area contributed by atoms with Gasteiger partial charge in [-0.1, -0.05) is 24.6 Å². The number of fused-ring (bicyclic) bond motifs is 1. The number of hydrogen-bond acceptors (Lipinski definition) is 6. The Bertz CT molecular complexity index is 1340. The number of carbonyl (C=O) groups is 1. The first-order chi connectivity index (χ1) is 16.4. The number of nitrogens with zero attached hydrogens (tertiary/aromatic N) is 5. The fourth-order valence-corrected chi connectivity index (χ4v) is 4.66. The normalized spacial score (nSPS) is 18.4. The highest BCUT2D eigenvalue weighted by atomic mass is 35.5. The van der Waals surface area contributed by atoms with Crippen LogP contribution in [0.3, 0.4) is 0 Å². The molecule has 1 fully saturated rings. The summed E-state index contributed by atoms with van der Waals surface area (Å²) >= 11 is 6.04. The van der Waals surface area contributed by atoms with Crippen molar-refractivity contribution < 1.29 is 13.6 Å². The van der Waals surface area contributed by atoms with Crippen molar-refractivity contribution >= 4 is 34.6 Å². The number of oxazole rings is 1. The van der Waals surface area contributed by atoms with Gasteiger partial charge in [0.25, 0.3) is 11.9 Å². The molecule has 0 saturated carbocycles. The van der Waals surface area contributed by atoms with E-state index in [0.717, 1.165) is 12.8 Å². The van der Waals surface area contributed by atoms with Gasteiger partial charge in [-0.25, -0.2) is 4.39 Å². The Morgan fingerprint density at radius 2 is 2.06 bits per heavy atom. The van der Waals surface area contributed by atoms with E-state index >= 15 is 4.39 Å². The van der Waals surface area contributed by atoms with Gasteiger partial charge in [-0.15, -0.1) is 0 Å². The molecule has 8 nitrogen and oxygen atoms in total. The Hall–Kier alpha value is -3.46. The van der Waals surface area contributed by atoms with Crippen molar-refractivity contribution in [3.63, 3.8) is 0 Å². The van der Waals surface area contributed by atoms with Gasteiger partial charge in [0.05, 0.1) is 18.4 Å². The zero-order valence-corrected chi connectivity index (χ0v) is 19.6. The number of carbonyl (C=O) groups excluding carboxylic acids is 1. The average Bonchev–Trinajstić information content (AvgIpc) is 3.49. The number of benzene rings is 2. The highest BCUT2D eigenvalue weighted by molar-refractivity contribution is 6.31. The maximum Gasteiger partial charge on any atom is 0.295 e. The molecule has 0 spiro atoms. The van der Waals surface area contributed by atoms with E-state index in [2.05, 4.69) is 27.4 Å². The van der Waals surface area contributed by atoms with E-state index < -0.39 is 5.82 Å². The number of piperidine rings is 1. The fourth-order valence-electron chi connectivity index (χ4n) is 4.50. The molecule has 1 N–H and O–H groups in total. The highest BCUT2D eigenvalue weighted by Gasteiger charge is 2.35. The topological polar surface area (TPSA) is 89.1 Å². The number of hydrogen-bond donors (Lipinski definition) is 1. The van der Waals surface area contributed by atoms with Gasteiger partial charge in [-0.2, -0.15) is 20.0 Å².